The number of hydrogen-bond acceptors (Lipinski definition) is 15. The summed E-state index contributed by atoms with van der Waals surface area (Å²) in [7, 11) is 6.63. The molecule has 2 N–H and O–H groups in total. The highest BCUT2D eigenvalue weighted by molar-refractivity contribution is 5.93. The van der Waals surface area contributed by atoms with Crippen LogP contribution in [0.5, 0.6) is 46.0 Å². The Morgan fingerprint density at radius 3 is 1.29 bits per heavy atom. The lowest BCUT2D eigenvalue weighted by Gasteiger charge is -2.36. The minimum absolute atomic E-state index is 0.0301. The Balaban J connectivity index is 0.000000185. The summed E-state index contributed by atoms with van der Waals surface area (Å²) >= 11 is 0. The van der Waals surface area contributed by atoms with Crippen LogP contribution in [0, 0.1) is 13.8 Å². The van der Waals surface area contributed by atoms with Crippen molar-refractivity contribution in [1.29, 1.82) is 0 Å². The van der Waals surface area contributed by atoms with Gasteiger partial charge in [-0.1, -0.05) is 146 Å². The maximum atomic E-state index is 13.8. The molecule has 2 unspecified atom stereocenters. The van der Waals surface area contributed by atoms with Crippen LogP contribution in [0.1, 0.15) is 99.8 Å². The van der Waals surface area contributed by atoms with E-state index in [9.17, 15) is 9.59 Å². The third-order valence-electron chi connectivity index (χ3n) is 16.0. The van der Waals surface area contributed by atoms with E-state index in [0.717, 1.165) is 91.6 Å². The average molecular weight is 1270 g/mol. The van der Waals surface area contributed by atoms with Crippen LogP contribution in [0.25, 0.3) is 12.2 Å². The molecule has 2 aliphatic rings. The number of hydrogen-bond donors (Lipinski definition) is 2. The van der Waals surface area contributed by atoms with E-state index in [-0.39, 0.29) is 17.6 Å². The normalized spacial score (nSPS) is 13.8. The van der Waals surface area contributed by atoms with Crippen LogP contribution >= 0.6 is 0 Å². The molecule has 0 radical (unpaired) electrons. The molecule has 17 heteroatoms. The standard InChI is InChI=1S/C39H37N3O5.C34H35NO4.C5H4N2O2/c1-27-20-35(44-2)37(46-25-28-10-6-4-7-11-28)21-30(27)14-15-34-32-23-36(45-3)38(47-26-29-12-8-5-9-13-29)22-31(32)16-19-42(34)39(43)33-24-40-17-18-41-33;1-24-18-31(36-2)33(38-22-25-10-6-4-7-11-25)19-27(24)14-15-30-29-21-32(37-3)34(20-28(29)16-17-35-30)39-23-26-12-8-5-9-13-26;8-5(9)4-3-6-1-2-7-4/h4-15,17-18,20-24,34H,16,19,25-26H2,1-3H3;4-15,18-21,30,35H,16-17,22-23H2,1-3H3;1-3H,(H,8,9)/b2*15-14+;. The first kappa shape index (κ1) is 66.6. The number of carbonyl (C=O) groups excluding carboxylic acids is 1. The number of amides is 1. The lowest BCUT2D eigenvalue weighted by Crippen LogP contribution is -2.39. The lowest BCUT2D eigenvalue weighted by atomic mass is 9.90. The SMILES string of the molecule is COc1cc(C)c(/C=C/C2NCCc3cc(OCc4ccccc4)c(OC)cc32)cc1OCc1ccccc1.COc1cc(C)c(/C=C/C2c3cc(OC)c(OCc4ccccc4)cc3CCN2C(=O)c2cnccn2)cc1OCc1ccccc1.O=C(O)c1cnccn1. The van der Waals surface area contributed by atoms with Gasteiger partial charge in [-0.3, -0.25) is 14.8 Å². The number of ether oxygens (including phenoxy) is 8. The second kappa shape index (κ2) is 33.3. The Morgan fingerprint density at radius 2 is 0.884 bits per heavy atom. The minimum Gasteiger partial charge on any atom is -0.493 e. The van der Waals surface area contributed by atoms with Crippen molar-refractivity contribution in [1.82, 2.24) is 30.2 Å². The van der Waals surface area contributed by atoms with Gasteiger partial charge in [0.1, 0.15) is 32.1 Å². The van der Waals surface area contributed by atoms with Gasteiger partial charge in [-0.25, -0.2) is 14.8 Å². The predicted molar refractivity (Wildman–Crippen MR) is 366 cm³/mol. The molecule has 95 heavy (non-hydrogen) atoms. The molecule has 0 spiro atoms. The van der Waals surface area contributed by atoms with E-state index < -0.39 is 12.0 Å². The first-order valence-corrected chi connectivity index (χ1v) is 31.1. The highest BCUT2D eigenvalue weighted by atomic mass is 16.5. The second-order valence-electron chi connectivity index (χ2n) is 22.3. The van der Waals surface area contributed by atoms with E-state index in [1.54, 1.807) is 34.6 Å². The number of aromatic nitrogens is 4. The third kappa shape index (κ3) is 17.9. The summed E-state index contributed by atoms with van der Waals surface area (Å²) in [6, 6.07) is 56.3. The minimum atomic E-state index is -1.05. The number of fused-ring (bicyclic) bond motifs is 2. The molecule has 10 aromatic rings. The monoisotopic (exact) mass is 1270 g/mol. The molecule has 0 bridgehead atoms. The first-order valence-electron chi connectivity index (χ1n) is 31.1. The van der Waals surface area contributed by atoms with E-state index in [1.165, 1.54) is 42.1 Å². The summed E-state index contributed by atoms with van der Waals surface area (Å²) in [6.07, 6.45) is 18.6. The summed E-state index contributed by atoms with van der Waals surface area (Å²) in [4.78, 5) is 41.3. The number of carboxylic acids is 1. The van der Waals surface area contributed by atoms with Crippen LogP contribution in [0.4, 0.5) is 0 Å². The summed E-state index contributed by atoms with van der Waals surface area (Å²) in [6.45, 7) is 7.31. The van der Waals surface area contributed by atoms with Crippen LogP contribution in [-0.2, 0) is 39.3 Å². The van der Waals surface area contributed by atoms with E-state index in [2.05, 4.69) is 86.8 Å². The molecule has 12 rings (SSSR count). The maximum Gasteiger partial charge on any atom is 0.356 e. The van der Waals surface area contributed by atoms with E-state index in [0.29, 0.717) is 68.1 Å². The fourth-order valence-corrected chi connectivity index (χ4v) is 11.0. The summed E-state index contributed by atoms with van der Waals surface area (Å²) in [5, 5.41) is 11.9. The predicted octanol–water partition coefficient (Wildman–Crippen LogP) is 14.7. The Bertz CT molecular complexity index is 4200. The molecule has 4 heterocycles. The van der Waals surface area contributed by atoms with Gasteiger partial charge >= 0.3 is 5.97 Å². The summed E-state index contributed by atoms with van der Waals surface area (Å²) in [5.74, 6) is 4.29. The summed E-state index contributed by atoms with van der Waals surface area (Å²) < 4.78 is 47.5. The zero-order valence-electron chi connectivity index (χ0n) is 54.0. The quantitative estimate of drug-likeness (QED) is 0.0650. The van der Waals surface area contributed by atoms with Crippen LogP contribution in [0.2, 0.25) is 0 Å². The number of carboxylic acid groups (broad SMARTS) is 1. The van der Waals surface area contributed by atoms with Crippen LogP contribution < -0.4 is 43.2 Å². The number of benzene rings is 8. The second-order valence-corrected chi connectivity index (χ2v) is 22.3. The Hall–Kier alpha value is -11.3. The van der Waals surface area contributed by atoms with Gasteiger partial charge < -0.3 is 53.2 Å². The lowest BCUT2D eigenvalue weighted by molar-refractivity contribution is 0.0683. The van der Waals surface area contributed by atoms with Crippen LogP contribution in [-0.4, -0.2) is 83.3 Å². The van der Waals surface area contributed by atoms with Crippen molar-refractivity contribution < 1.29 is 52.6 Å². The molecule has 0 aliphatic carbocycles. The molecule has 1 amide bonds. The van der Waals surface area contributed by atoms with Crippen molar-refractivity contribution in [2.45, 2.75) is 65.2 Å². The largest absolute Gasteiger partial charge is 0.493 e. The van der Waals surface area contributed by atoms with Gasteiger partial charge in [-0.15, -0.1) is 0 Å². The van der Waals surface area contributed by atoms with Gasteiger partial charge in [0.05, 0.1) is 52.9 Å². The van der Waals surface area contributed by atoms with Gasteiger partial charge in [0, 0.05) is 37.9 Å². The van der Waals surface area contributed by atoms with Crippen LogP contribution in [0.15, 0.2) is 219 Å². The van der Waals surface area contributed by atoms with Crippen molar-refractivity contribution >= 4 is 24.0 Å². The molecule has 0 fully saturated rings. The number of nitrogens with zero attached hydrogens (tertiary/aromatic N) is 5. The van der Waals surface area contributed by atoms with E-state index in [1.807, 2.05) is 151 Å². The zero-order chi connectivity index (χ0) is 66.3. The van der Waals surface area contributed by atoms with Gasteiger partial charge in [-0.05, 0) is 142 Å². The molecule has 8 aromatic carbocycles. The number of rotatable bonds is 22. The molecule has 2 atom stereocenters. The number of carbonyl (C=O) groups is 2. The van der Waals surface area contributed by atoms with Crippen molar-refractivity contribution in [2.75, 3.05) is 41.5 Å². The number of methoxy groups -OCH3 is 4. The fourth-order valence-electron chi connectivity index (χ4n) is 11.0. The third-order valence-corrected chi connectivity index (χ3v) is 16.0. The zero-order valence-corrected chi connectivity index (χ0v) is 54.0. The number of aromatic carboxylic acids is 1. The van der Waals surface area contributed by atoms with Gasteiger partial charge in [0.2, 0.25) is 0 Å². The highest BCUT2D eigenvalue weighted by Gasteiger charge is 2.32. The Morgan fingerprint density at radius 1 is 0.484 bits per heavy atom. The fraction of sp³-hybridized carbons (Fsp3) is 0.205. The maximum absolute atomic E-state index is 13.8. The summed E-state index contributed by atoms with van der Waals surface area (Å²) in [5.41, 5.74) is 13.3. The van der Waals surface area contributed by atoms with Gasteiger partial charge in [0.25, 0.3) is 5.91 Å². The smallest absolute Gasteiger partial charge is 0.356 e. The Labute approximate surface area is 554 Å². The van der Waals surface area contributed by atoms with Crippen LogP contribution in [0.3, 0.4) is 0 Å². The number of aryl methyl sites for hydroxylation is 2. The molecule has 2 aromatic heterocycles. The topological polar surface area (TPSA) is 195 Å². The van der Waals surface area contributed by atoms with E-state index in [4.69, 9.17) is 43.0 Å². The van der Waals surface area contributed by atoms with Crippen molar-refractivity contribution in [3.8, 4) is 46.0 Å². The first-order chi connectivity index (χ1) is 46.5. The molecule has 2 aliphatic heterocycles. The molecule has 484 valence electrons. The van der Waals surface area contributed by atoms with Gasteiger partial charge in [0.15, 0.2) is 51.7 Å². The average Bonchev–Trinajstić information content (AvgIpc) is 0.799. The molecular weight excluding hydrogens is 1200 g/mol. The van der Waals surface area contributed by atoms with Crippen molar-refractivity contribution in [3.05, 3.63) is 297 Å². The Kier molecular flexibility index (Phi) is 23.4. The van der Waals surface area contributed by atoms with E-state index >= 15 is 0 Å². The van der Waals surface area contributed by atoms with Gasteiger partial charge in [-0.2, -0.15) is 0 Å². The molecular formula is C78H76N6O11. The van der Waals surface area contributed by atoms with Crippen molar-refractivity contribution in [3.63, 3.8) is 0 Å². The molecule has 0 saturated heterocycles. The molecule has 17 nitrogen and oxygen atoms in total. The highest BCUT2D eigenvalue weighted by Crippen LogP contribution is 2.42. The van der Waals surface area contributed by atoms with Crippen molar-refractivity contribution in [2.24, 2.45) is 0 Å². The number of nitrogens with one attached hydrogen (secondary N) is 1. The molecule has 0 saturated carbocycles.